The van der Waals surface area contributed by atoms with Gasteiger partial charge in [-0.25, -0.2) is 0 Å². The highest BCUT2D eigenvalue weighted by Crippen LogP contribution is 1.94. The first-order chi connectivity index (χ1) is 8.28. The number of nitrogens with zero attached hydrogens (tertiary/aromatic N) is 3. The van der Waals surface area contributed by atoms with Crippen LogP contribution in [0.25, 0.3) is 0 Å². The lowest BCUT2D eigenvalue weighted by molar-refractivity contribution is 0.538. The van der Waals surface area contributed by atoms with Gasteiger partial charge in [0.25, 0.3) is 0 Å². The molecule has 7 nitrogen and oxygen atoms in total. The predicted octanol–water partition coefficient (Wildman–Crippen LogP) is -0.724. The fourth-order valence-electron chi connectivity index (χ4n) is 1.36. The van der Waals surface area contributed by atoms with Crippen molar-refractivity contribution in [3.63, 3.8) is 0 Å². The molecule has 0 saturated heterocycles. The van der Waals surface area contributed by atoms with Crippen molar-refractivity contribution in [2.75, 3.05) is 6.54 Å². The maximum Gasteiger partial charge on any atom is 0.304 e. The summed E-state index contributed by atoms with van der Waals surface area (Å²) in [5.74, 6) is 0. The molecule has 0 radical (unpaired) electrons. The fourth-order valence-corrected chi connectivity index (χ4v) is 1.94. The SMILES string of the molecule is NCc1cn(CCNCc2csc(=O)[nH]2)nn1. The Morgan fingerprint density at radius 1 is 1.59 bits per heavy atom. The highest BCUT2D eigenvalue weighted by molar-refractivity contribution is 7.07. The number of aromatic nitrogens is 4. The summed E-state index contributed by atoms with van der Waals surface area (Å²) in [5.41, 5.74) is 7.12. The molecule has 2 aromatic heterocycles. The highest BCUT2D eigenvalue weighted by Gasteiger charge is 1.99. The van der Waals surface area contributed by atoms with E-state index in [9.17, 15) is 4.79 Å². The zero-order valence-electron chi connectivity index (χ0n) is 9.22. The molecule has 4 N–H and O–H groups in total. The van der Waals surface area contributed by atoms with Crippen molar-refractivity contribution in [2.24, 2.45) is 5.73 Å². The lowest BCUT2D eigenvalue weighted by Gasteiger charge is -2.02. The topological polar surface area (TPSA) is 102 Å². The van der Waals surface area contributed by atoms with E-state index in [4.69, 9.17) is 5.73 Å². The highest BCUT2D eigenvalue weighted by atomic mass is 32.1. The minimum Gasteiger partial charge on any atom is -0.325 e. The summed E-state index contributed by atoms with van der Waals surface area (Å²) in [6.45, 7) is 2.54. The Balaban J connectivity index is 1.71. The van der Waals surface area contributed by atoms with Gasteiger partial charge < -0.3 is 16.0 Å². The van der Waals surface area contributed by atoms with E-state index in [1.165, 1.54) is 11.3 Å². The molecule has 17 heavy (non-hydrogen) atoms. The molecule has 92 valence electrons. The van der Waals surface area contributed by atoms with Crippen LogP contribution in [0.2, 0.25) is 0 Å². The molecule has 0 spiro atoms. The molecule has 2 heterocycles. The normalized spacial score (nSPS) is 10.9. The maximum atomic E-state index is 10.9. The van der Waals surface area contributed by atoms with Gasteiger partial charge in [-0.2, -0.15) is 0 Å². The minimum atomic E-state index is -0.0225. The number of nitrogens with two attached hydrogens (primary N) is 1. The average Bonchev–Trinajstić information content (AvgIpc) is 2.93. The number of hydrogen-bond acceptors (Lipinski definition) is 6. The molecule has 0 unspecified atom stereocenters. The Labute approximate surface area is 102 Å². The van der Waals surface area contributed by atoms with E-state index < -0.39 is 0 Å². The Kier molecular flexibility index (Phi) is 4.02. The number of hydrogen-bond donors (Lipinski definition) is 3. The molecular formula is C9H14N6OS. The van der Waals surface area contributed by atoms with Crippen LogP contribution in [-0.2, 0) is 19.6 Å². The molecule has 2 aromatic rings. The number of H-pyrrole nitrogens is 1. The zero-order chi connectivity index (χ0) is 12.1. The van der Waals surface area contributed by atoms with Crippen LogP contribution in [0.3, 0.4) is 0 Å². The first kappa shape index (κ1) is 12.0. The monoisotopic (exact) mass is 254 g/mol. The third-order valence-electron chi connectivity index (χ3n) is 2.20. The summed E-state index contributed by atoms with van der Waals surface area (Å²) >= 11 is 1.17. The Hall–Kier alpha value is -1.51. The van der Waals surface area contributed by atoms with E-state index in [0.29, 0.717) is 13.1 Å². The van der Waals surface area contributed by atoms with Crippen molar-refractivity contribution in [3.8, 4) is 0 Å². The van der Waals surface area contributed by atoms with Crippen molar-refractivity contribution in [1.82, 2.24) is 25.3 Å². The van der Waals surface area contributed by atoms with Crippen molar-refractivity contribution in [3.05, 3.63) is 32.6 Å². The van der Waals surface area contributed by atoms with Crippen molar-refractivity contribution < 1.29 is 0 Å². The van der Waals surface area contributed by atoms with Gasteiger partial charge in [0, 0.05) is 36.9 Å². The lowest BCUT2D eigenvalue weighted by atomic mass is 10.4. The van der Waals surface area contributed by atoms with Gasteiger partial charge in [-0.15, -0.1) is 5.10 Å². The fraction of sp³-hybridized carbons (Fsp3) is 0.444. The molecule has 0 aliphatic heterocycles. The quantitative estimate of drug-likeness (QED) is 0.590. The Bertz CT molecular complexity index is 515. The van der Waals surface area contributed by atoms with Crippen LogP contribution < -0.4 is 15.9 Å². The third-order valence-corrected chi connectivity index (χ3v) is 2.92. The maximum absolute atomic E-state index is 10.9. The number of aromatic amines is 1. The first-order valence-electron chi connectivity index (χ1n) is 5.24. The molecule has 0 aliphatic carbocycles. The summed E-state index contributed by atoms with van der Waals surface area (Å²) in [5, 5.41) is 12.8. The van der Waals surface area contributed by atoms with Gasteiger partial charge in [0.2, 0.25) is 0 Å². The zero-order valence-corrected chi connectivity index (χ0v) is 10.0. The molecule has 8 heteroatoms. The molecule has 0 aromatic carbocycles. The number of thiazole rings is 1. The Morgan fingerprint density at radius 2 is 2.47 bits per heavy atom. The standard InChI is InChI=1S/C9H14N6OS/c10-3-7-5-15(14-13-7)2-1-11-4-8-6-17-9(16)12-8/h5-6,11H,1-4,10H2,(H,12,16). The van der Waals surface area contributed by atoms with E-state index in [0.717, 1.165) is 24.5 Å². The second kappa shape index (κ2) is 5.71. The predicted molar refractivity (Wildman–Crippen MR) is 64.6 cm³/mol. The van der Waals surface area contributed by atoms with E-state index in [1.54, 1.807) is 4.68 Å². The van der Waals surface area contributed by atoms with Crippen molar-refractivity contribution in [1.29, 1.82) is 0 Å². The van der Waals surface area contributed by atoms with Gasteiger partial charge in [0.1, 0.15) is 0 Å². The molecule has 0 bridgehead atoms. The summed E-state index contributed by atoms with van der Waals surface area (Å²) in [7, 11) is 0. The lowest BCUT2D eigenvalue weighted by Crippen LogP contribution is -2.20. The van der Waals surface area contributed by atoms with Crippen LogP contribution in [-0.4, -0.2) is 26.5 Å². The largest absolute Gasteiger partial charge is 0.325 e. The summed E-state index contributed by atoms with van der Waals surface area (Å²) in [4.78, 5) is 13.6. The van der Waals surface area contributed by atoms with Gasteiger partial charge >= 0.3 is 4.87 Å². The van der Waals surface area contributed by atoms with Crippen LogP contribution in [0.15, 0.2) is 16.4 Å². The summed E-state index contributed by atoms with van der Waals surface area (Å²) in [6.07, 6.45) is 1.83. The smallest absolute Gasteiger partial charge is 0.304 e. The summed E-state index contributed by atoms with van der Waals surface area (Å²) < 4.78 is 1.74. The third kappa shape index (κ3) is 3.48. The molecule has 2 rings (SSSR count). The van der Waals surface area contributed by atoms with Crippen molar-refractivity contribution in [2.45, 2.75) is 19.6 Å². The molecule has 0 aliphatic rings. The summed E-state index contributed by atoms with van der Waals surface area (Å²) in [6, 6.07) is 0. The van der Waals surface area contributed by atoms with Crippen LogP contribution in [0.4, 0.5) is 0 Å². The van der Waals surface area contributed by atoms with Gasteiger partial charge in [-0.3, -0.25) is 9.48 Å². The number of nitrogens with one attached hydrogen (secondary N) is 2. The van der Waals surface area contributed by atoms with E-state index in [1.807, 2.05) is 11.6 Å². The van der Waals surface area contributed by atoms with Crippen LogP contribution in [0, 0.1) is 0 Å². The van der Waals surface area contributed by atoms with Crippen LogP contribution in [0.5, 0.6) is 0 Å². The van der Waals surface area contributed by atoms with E-state index >= 15 is 0 Å². The molecule has 0 atom stereocenters. The molecule has 0 saturated carbocycles. The Morgan fingerprint density at radius 3 is 3.12 bits per heavy atom. The molecule has 0 amide bonds. The van der Waals surface area contributed by atoms with E-state index in [2.05, 4.69) is 20.6 Å². The van der Waals surface area contributed by atoms with Crippen LogP contribution >= 0.6 is 11.3 Å². The van der Waals surface area contributed by atoms with Gasteiger partial charge in [-0.1, -0.05) is 16.6 Å². The van der Waals surface area contributed by atoms with E-state index in [-0.39, 0.29) is 4.87 Å². The van der Waals surface area contributed by atoms with Crippen molar-refractivity contribution >= 4 is 11.3 Å². The second-order valence-electron chi connectivity index (χ2n) is 3.53. The first-order valence-corrected chi connectivity index (χ1v) is 6.12. The molecule has 0 fully saturated rings. The van der Waals surface area contributed by atoms with Gasteiger partial charge in [0.05, 0.1) is 12.2 Å². The number of rotatable bonds is 6. The van der Waals surface area contributed by atoms with Gasteiger partial charge in [0.15, 0.2) is 0 Å². The minimum absolute atomic E-state index is 0.0225. The molecular weight excluding hydrogens is 240 g/mol. The van der Waals surface area contributed by atoms with Crippen LogP contribution in [0.1, 0.15) is 11.4 Å². The second-order valence-corrected chi connectivity index (χ2v) is 4.37. The average molecular weight is 254 g/mol. The van der Waals surface area contributed by atoms with Gasteiger partial charge in [-0.05, 0) is 0 Å².